The van der Waals surface area contributed by atoms with E-state index in [9.17, 15) is 5.11 Å². The number of benzene rings is 3. The number of aromatic hydroxyl groups is 1. The summed E-state index contributed by atoms with van der Waals surface area (Å²) in [4.78, 5) is 4.74. The third-order valence-electron chi connectivity index (χ3n) is 3.91. The second-order valence-electron chi connectivity index (χ2n) is 5.61. The maximum atomic E-state index is 9.85. The van der Waals surface area contributed by atoms with Gasteiger partial charge >= 0.3 is 0 Å². The summed E-state index contributed by atoms with van der Waals surface area (Å²) >= 11 is 0. The van der Waals surface area contributed by atoms with E-state index in [1.165, 1.54) is 0 Å². The molecule has 3 nitrogen and oxygen atoms in total. The molecule has 116 valence electrons. The zero-order valence-electron chi connectivity index (χ0n) is 13.0. The van der Waals surface area contributed by atoms with Crippen LogP contribution >= 0.6 is 0 Å². The van der Waals surface area contributed by atoms with Crippen LogP contribution in [0.4, 0.5) is 11.4 Å². The molecule has 1 heterocycles. The number of aromatic nitrogens is 1. The minimum atomic E-state index is 0.230. The summed E-state index contributed by atoms with van der Waals surface area (Å²) in [5.41, 5.74) is 4.71. The number of anilines is 2. The largest absolute Gasteiger partial charge is 0.508 e. The molecule has 1 aromatic heterocycles. The van der Waals surface area contributed by atoms with Gasteiger partial charge in [0.2, 0.25) is 0 Å². The third-order valence-corrected chi connectivity index (χ3v) is 3.91. The molecule has 2 N–H and O–H groups in total. The Morgan fingerprint density at radius 1 is 0.750 bits per heavy atom. The Balaban J connectivity index is 1.90. The quantitative estimate of drug-likeness (QED) is 0.536. The number of pyridine rings is 1. The Bertz CT molecular complexity index is 983. The number of nitrogens with zero attached hydrogens (tertiary/aromatic N) is 1. The van der Waals surface area contributed by atoms with E-state index >= 15 is 0 Å². The molecule has 0 unspecified atom stereocenters. The van der Waals surface area contributed by atoms with Crippen molar-refractivity contribution in [1.82, 2.24) is 4.98 Å². The highest BCUT2D eigenvalue weighted by molar-refractivity contribution is 5.96. The zero-order chi connectivity index (χ0) is 16.4. The lowest BCUT2D eigenvalue weighted by molar-refractivity contribution is 0.476. The van der Waals surface area contributed by atoms with Crippen molar-refractivity contribution in [2.45, 2.75) is 0 Å². The van der Waals surface area contributed by atoms with Crippen LogP contribution in [0, 0.1) is 0 Å². The van der Waals surface area contributed by atoms with Crippen LogP contribution in [0.2, 0.25) is 0 Å². The first kappa shape index (κ1) is 14.3. The number of fused-ring (bicyclic) bond motifs is 1. The van der Waals surface area contributed by atoms with Gasteiger partial charge in [-0.1, -0.05) is 48.5 Å². The SMILES string of the molecule is Oc1ccc2nc(-c3ccccc3)cc(Nc3ccccc3)c2c1. The van der Waals surface area contributed by atoms with Gasteiger partial charge < -0.3 is 10.4 Å². The van der Waals surface area contributed by atoms with E-state index in [0.29, 0.717) is 0 Å². The van der Waals surface area contributed by atoms with Crippen LogP contribution in [0.5, 0.6) is 5.75 Å². The van der Waals surface area contributed by atoms with Gasteiger partial charge in [-0.15, -0.1) is 0 Å². The summed E-state index contributed by atoms with van der Waals surface area (Å²) in [6.45, 7) is 0. The molecule has 0 atom stereocenters. The maximum absolute atomic E-state index is 9.85. The van der Waals surface area contributed by atoms with E-state index in [-0.39, 0.29) is 5.75 Å². The van der Waals surface area contributed by atoms with Crippen molar-refractivity contribution in [3.05, 3.63) is 84.9 Å². The number of para-hydroxylation sites is 1. The molecule has 4 aromatic rings. The minimum Gasteiger partial charge on any atom is -0.508 e. The van der Waals surface area contributed by atoms with Gasteiger partial charge in [0.25, 0.3) is 0 Å². The van der Waals surface area contributed by atoms with Crippen LogP contribution in [0.15, 0.2) is 84.9 Å². The molecule has 3 aromatic carbocycles. The average molecular weight is 312 g/mol. The van der Waals surface area contributed by atoms with Gasteiger partial charge in [0.15, 0.2) is 0 Å². The lowest BCUT2D eigenvalue weighted by Crippen LogP contribution is -1.95. The van der Waals surface area contributed by atoms with Crippen LogP contribution in [0.3, 0.4) is 0 Å². The van der Waals surface area contributed by atoms with Crippen molar-refractivity contribution >= 4 is 22.3 Å². The van der Waals surface area contributed by atoms with Crippen molar-refractivity contribution in [1.29, 1.82) is 0 Å². The molecule has 0 bridgehead atoms. The van der Waals surface area contributed by atoms with Crippen molar-refractivity contribution in [3.63, 3.8) is 0 Å². The van der Waals surface area contributed by atoms with E-state index in [2.05, 4.69) is 5.32 Å². The molecule has 0 radical (unpaired) electrons. The first-order valence-corrected chi connectivity index (χ1v) is 7.81. The Kier molecular flexibility index (Phi) is 3.60. The van der Waals surface area contributed by atoms with Gasteiger partial charge in [-0.05, 0) is 36.4 Å². The topological polar surface area (TPSA) is 45.2 Å². The highest BCUT2D eigenvalue weighted by Gasteiger charge is 2.09. The second-order valence-corrected chi connectivity index (χ2v) is 5.61. The highest BCUT2D eigenvalue weighted by Crippen LogP contribution is 2.32. The smallest absolute Gasteiger partial charge is 0.116 e. The average Bonchev–Trinajstić information content (AvgIpc) is 2.63. The fraction of sp³-hybridized carbons (Fsp3) is 0. The molecule has 0 saturated carbocycles. The van der Waals surface area contributed by atoms with Crippen LogP contribution in [0.1, 0.15) is 0 Å². The first-order valence-electron chi connectivity index (χ1n) is 7.81. The minimum absolute atomic E-state index is 0.230. The lowest BCUT2D eigenvalue weighted by atomic mass is 10.1. The normalized spacial score (nSPS) is 10.7. The monoisotopic (exact) mass is 312 g/mol. The predicted octanol–water partition coefficient (Wildman–Crippen LogP) is 5.35. The number of hydrogen-bond donors (Lipinski definition) is 2. The van der Waals surface area contributed by atoms with E-state index in [1.807, 2.05) is 72.8 Å². The Morgan fingerprint density at radius 2 is 1.46 bits per heavy atom. The van der Waals surface area contributed by atoms with Gasteiger partial charge in [0.1, 0.15) is 5.75 Å². The summed E-state index contributed by atoms with van der Waals surface area (Å²) in [5.74, 6) is 0.230. The van der Waals surface area contributed by atoms with E-state index < -0.39 is 0 Å². The molecule has 0 amide bonds. The van der Waals surface area contributed by atoms with E-state index in [4.69, 9.17) is 4.98 Å². The Morgan fingerprint density at radius 3 is 2.21 bits per heavy atom. The summed E-state index contributed by atoms with van der Waals surface area (Å²) in [5, 5.41) is 14.2. The summed E-state index contributed by atoms with van der Waals surface area (Å²) in [6, 6.07) is 27.3. The summed E-state index contributed by atoms with van der Waals surface area (Å²) in [6.07, 6.45) is 0. The number of phenolic OH excluding ortho intramolecular Hbond substituents is 1. The van der Waals surface area contributed by atoms with Gasteiger partial charge in [-0.3, -0.25) is 0 Å². The van der Waals surface area contributed by atoms with Crippen molar-refractivity contribution in [2.75, 3.05) is 5.32 Å². The molecule has 0 saturated heterocycles. The standard InChI is InChI=1S/C21H16N2O/c24-17-11-12-19-18(13-17)21(22-16-9-5-2-6-10-16)14-20(23-19)15-7-3-1-4-8-15/h1-14,24H,(H,22,23). The van der Waals surface area contributed by atoms with Gasteiger partial charge in [0, 0.05) is 16.6 Å². The van der Waals surface area contributed by atoms with Gasteiger partial charge in [-0.2, -0.15) is 0 Å². The number of nitrogens with one attached hydrogen (secondary N) is 1. The van der Waals surface area contributed by atoms with Crippen molar-refractivity contribution in [2.24, 2.45) is 0 Å². The van der Waals surface area contributed by atoms with Crippen molar-refractivity contribution < 1.29 is 5.11 Å². The molecular weight excluding hydrogens is 296 g/mol. The molecule has 4 rings (SSSR count). The second kappa shape index (κ2) is 6.05. The van der Waals surface area contributed by atoms with Crippen LogP contribution in [0.25, 0.3) is 22.2 Å². The molecular formula is C21H16N2O. The Labute approximate surface area is 140 Å². The molecule has 0 fully saturated rings. The summed E-state index contributed by atoms with van der Waals surface area (Å²) in [7, 11) is 0. The highest BCUT2D eigenvalue weighted by atomic mass is 16.3. The van der Waals surface area contributed by atoms with Crippen molar-refractivity contribution in [3.8, 4) is 17.0 Å². The number of rotatable bonds is 3. The van der Waals surface area contributed by atoms with Crippen LogP contribution < -0.4 is 5.32 Å². The Hall–Kier alpha value is -3.33. The van der Waals surface area contributed by atoms with Crippen LogP contribution in [-0.4, -0.2) is 10.1 Å². The number of hydrogen-bond acceptors (Lipinski definition) is 3. The molecule has 0 spiro atoms. The van der Waals surface area contributed by atoms with Crippen LogP contribution in [-0.2, 0) is 0 Å². The lowest BCUT2D eigenvalue weighted by Gasteiger charge is -2.12. The van der Waals surface area contributed by atoms with Gasteiger partial charge in [-0.25, -0.2) is 4.98 Å². The first-order chi connectivity index (χ1) is 11.8. The molecule has 0 aliphatic rings. The fourth-order valence-electron chi connectivity index (χ4n) is 2.75. The molecule has 0 aliphatic carbocycles. The molecule has 0 aliphatic heterocycles. The maximum Gasteiger partial charge on any atom is 0.116 e. The van der Waals surface area contributed by atoms with Gasteiger partial charge in [0.05, 0.1) is 16.9 Å². The third kappa shape index (κ3) is 2.79. The fourth-order valence-corrected chi connectivity index (χ4v) is 2.75. The molecule has 3 heteroatoms. The van der Waals surface area contributed by atoms with E-state index in [1.54, 1.807) is 12.1 Å². The van der Waals surface area contributed by atoms with E-state index in [0.717, 1.165) is 33.5 Å². The zero-order valence-corrected chi connectivity index (χ0v) is 13.0. The summed E-state index contributed by atoms with van der Waals surface area (Å²) < 4.78 is 0. The number of phenols is 1. The molecule has 24 heavy (non-hydrogen) atoms. The predicted molar refractivity (Wildman–Crippen MR) is 98.6 cm³/mol.